The van der Waals surface area contributed by atoms with Crippen LogP contribution in [0.4, 0.5) is 14.5 Å². The van der Waals surface area contributed by atoms with E-state index in [0.717, 1.165) is 17.3 Å². The van der Waals surface area contributed by atoms with Gasteiger partial charge in [0.15, 0.2) is 10.9 Å². The Morgan fingerprint density at radius 1 is 1.31 bits per heavy atom. The van der Waals surface area contributed by atoms with Crippen molar-refractivity contribution in [3.8, 4) is 5.75 Å². The maximum absolute atomic E-state index is 13.8. The second-order valence-electron chi connectivity index (χ2n) is 6.11. The van der Waals surface area contributed by atoms with E-state index >= 15 is 0 Å². The molecule has 3 aromatic rings. The molecule has 0 aliphatic rings. The molecule has 1 amide bonds. The molecule has 0 aliphatic heterocycles. The third-order valence-corrected chi connectivity index (χ3v) is 5.14. The van der Waals surface area contributed by atoms with Crippen molar-refractivity contribution in [1.29, 1.82) is 0 Å². The Morgan fingerprint density at radius 3 is 2.76 bits per heavy atom. The van der Waals surface area contributed by atoms with Crippen LogP contribution < -0.4 is 15.5 Å². The number of amides is 1. The number of thioether (sulfide) groups is 1. The highest BCUT2D eigenvalue weighted by Gasteiger charge is 2.14. The summed E-state index contributed by atoms with van der Waals surface area (Å²) in [6.45, 7) is -0.191. The summed E-state index contributed by atoms with van der Waals surface area (Å²) in [4.78, 5) is 28.8. The summed E-state index contributed by atoms with van der Waals surface area (Å²) in [6.07, 6.45) is 4.89. The molecule has 29 heavy (non-hydrogen) atoms. The number of hydrogen-bond acceptors (Lipinski definition) is 5. The van der Waals surface area contributed by atoms with Crippen LogP contribution in [0.15, 0.2) is 52.8 Å². The van der Waals surface area contributed by atoms with Crippen molar-refractivity contribution >= 4 is 23.4 Å². The first-order valence-corrected chi connectivity index (χ1v) is 9.48. The standard InChI is InChI=1S/C19H18F2N4O3S/c1-24-6-5-22-19(24)29-11-13-8-16(26)17(28-2)9-25(13)10-18(27)23-15-4-3-12(20)7-14(15)21/h3-9H,10-11H2,1-2H3,(H,23,27). The van der Waals surface area contributed by atoms with Gasteiger partial charge in [-0.1, -0.05) is 11.8 Å². The molecule has 0 spiro atoms. The van der Waals surface area contributed by atoms with E-state index in [0.29, 0.717) is 17.5 Å². The number of carbonyl (C=O) groups excluding carboxylic acids is 1. The number of rotatable bonds is 7. The quantitative estimate of drug-likeness (QED) is 0.595. The maximum Gasteiger partial charge on any atom is 0.244 e. The van der Waals surface area contributed by atoms with E-state index < -0.39 is 17.5 Å². The number of carbonyl (C=O) groups is 1. The SMILES string of the molecule is COc1cn(CC(=O)Nc2ccc(F)cc2F)c(CSc2nccn2C)cc1=O. The van der Waals surface area contributed by atoms with Gasteiger partial charge in [-0.05, 0) is 12.1 Å². The third kappa shape index (κ3) is 5.02. The van der Waals surface area contributed by atoms with Crippen molar-refractivity contribution in [2.24, 2.45) is 7.05 Å². The summed E-state index contributed by atoms with van der Waals surface area (Å²) in [6, 6.07) is 4.27. The van der Waals surface area contributed by atoms with Gasteiger partial charge in [0.25, 0.3) is 0 Å². The molecule has 0 atom stereocenters. The number of aromatic nitrogens is 3. The van der Waals surface area contributed by atoms with Gasteiger partial charge in [0.05, 0.1) is 19.0 Å². The fourth-order valence-corrected chi connectivity index (χ4v) is 3.51. The first kappa shape index (κ1) is 20.6. The van der Waals surface area contributed by atoms with Crippen LogP contribution in [0.25, 0.3) is 0 Å². The van der Waals surface area contributed by atoms with Crippen molar-refractivity contribution in [2.45, 2.75) is 17.5 Å². The van der Waals surface area contributed by atoms with Crippen LogP contribution in [0.2, 0.25) is 0 Å². The molecule has 0 bridgehead atoms. The number of imidazole rings is 1. The predicted molar refractivity (Wildman–Crippen MR) is 105 cm³/mol. The Morgan fingerprint density at radius 2 is 2.10 bits per heavy atom. The van der Waals surface area contributed by atoms with E-state index in [1.54, 1.807) is 17.0 Å². The summed E-state index contributed by atoms with van der Waals surface area (Å²) < 4.78 is 35.2. The van der Waals surface area contributed by atoms with Crippen LogP contribution in [0.5, 0.6) is 5.75 Å². The number of halogens is 2. The maximum atomic E-state index is 13.8. The zero-order chi connectivity index (χ0) is 21.0. The molecule has 0 saturated heterocycles. The number of benzene rings is 1. The number of nitrogens with one attached hydrogen (secondary N) is 1. The minimum Gasteiger partial charge on any atom is -0.491 e. The van der Waals surface area contributed by atoms with Crippen LogP contribution >= 0.6 is 11.8 Å². The molecule has 0 fully saturated rings. The molecule has 152 valence electrons. The van der Waals surface area contributed by atoms with Gasteiger partial charge in [-0.25, -0.2) is 13.8 Å². The number of nitrogens with zero attached hydrogens (tertiary/aromatic N) is 3. The average molecular weight is 420 g/mol. The molecular weight excluding hydrogens is 402 g/mol. The van der Waals surface area contributed by atoms with E-state index in [9.17, 15) is 18.4 Å². The van der Waals surface area contributed by atoms with Crippen molar-refractivity contribution in [3.63, 3.8) is 0 Å². The fourth-order valence-electron chi connectivity index (χ4n) is 2.58. The van der Waals surface area contributed by atoms with E-state index in [1.807, 2.05) is 11.6 Å². The number of hydrogen-bond donors (Lipinski definition) is 1. The molecule has 2 aromatic heterocycles. The molecule has 0 aliphatic carbocycles. The zero-order valence-corrected chi connectivity index (χ0v) is 16.5. The second kappa shape index (κ2) is 8.91. The fraction of sp³-hybridized carbons (Fsp3) is 0.211. The number of anilines is 1. The molecule has 1 aromatic carbocycles. The number of ether oxygens (including phenoxy) is 1. The van der Waals surface area contributed by atoms with Crippen LogP contribution in [-0.4, -0.2) is 27.1 Å². The van der Waals surface area contributed by atoms with Crippen LogP contribution in [0, 0.1) is 11.6 Å². The first-order chi connectivity index (χ1) is 13.9. The van der Waals surface area contributed by atoms with Gasteiger partial charge in [0, 0.05) is 43.0 Å². The van der Waals surface area contributed by atoms with Gasteiger partial charge in [-0.3, -0.25) is 9.59 Å². The van der Waals surface area contributed by atoms with Gasteiger partial charge in [-0.2, -0.15) is 0 Å². The Bertz CT molecular complexity index is 1100. The Hall–Kier alpha value is -3.14. The van der Waals surface area contributed by atoms with Gasteiger partial charge < -0.3 is 19.2 Å². The van der Waals surface area contributed by atoms with Crippen molar-refractivity contribution in [2.75, 3.05) is 12.4 Å². The van der Waals surface area contributed by atoms with E-state index in [4.69, 9.17) is 4.74 Å². The molecule has 10 heteroatoms. The van der Waals surface area contributed by atoms with Crippen molar-refractivity contribution < 1.29 is 18.3 Å². The highest BCUT2D eigenvalue weighted by atomic mass is 32.2. The molecule has 2 heterocycles. The second-order valence-corrected chi connectivity index (χ2v) is 7.05. The number of methoxy groups -OCH3 is 1. The summed E-state index contributed by atoms with van der Waals surface area (Å²) in [5.41, 5.74) is 0.121. The summed E-state index contributed by atoms with van der Waals surface area (Å²) in [5.74, 6) is -1.69. The number of pyridine rings is 1. The van der Waals surface area contributed by atoms with Gasteiger partial charge >= 0.3 is 0 Å². The lowest BCUT2D eigenvalue weighted by Gasteiger charge is -2.15. The topological polar surface area (TPSA) is 78.2 Å². The minimum absolute atomic E-state index is 0.0801. The highest BCUT2D eigenvalue weighted by Crippen LogP contribution is 2.21. The van der Waals surface area contributed by atoms with Crippen LogP contribution in [0.3, 0.4) is 0 Å². The molecule has 1 N–H and O–H groups in total. The molecule has 3 rings (SSSR count). The van der Waals surface area contributed by atoms with Gasteiger partial charge in [-0.15, -0.1) is 0 Å². The zero-order valence-electron chi connectivity index (χ0n) is 15.7. The summed E-state index contributed by atoms with van der Waals surface area (Å²) in [7, 11) is 3.21. The van der Waals surface area contributed by atoms with E-state index in [2.05, 4.69) is 10.3 Å². The largest absolute Gasteiger partial charge is 0.491 e. The molecular formula is C19H18F2N4O3S. The van der Waals surface area contributed by atoms with Crippen molar-refractivity contribution in [1.82, 2.24) is 14.1 Å². The third-order valence-electron chi connectivity index (χ3n) is 4.05. The normalized spacial score (nSPS) is 10.8. The van der Waals surface area contributed by atoms with Crippen molar-refractivity contribution in [3.05, 3.63) is 70.4 Å². The molecule has 0 unspecified atom stereocenters. The Labute approximate surface area is 169 Å². The van der Waals surface area contributed by atoms with Crippen LogP contribution in [-0.2, 0) is 24.1 Å². The summed E-state index contributed by atoms with van der Waals surface area (Å²) >= 11 is 1.40. The van der Waals surface area contributed by atoms with Crippen LogP contribution in [0.1, 0.15) is 5.69 Å². The summed E-state index contributed by atoms with van der Waals surface area (Å²) in [5, 5.41) is 3.15. The molecule has 7 nitrogen and oxygen atoms in total. The lowest BCUT2D eigenvalue weighted by atomic mass is 10.3. The monoisotopic (exact) mass is 420 g/mol. The number of aryl methyl sites for hydroxylation is 1. The predicted octanol–water partition coefficient (Wildman–Crippen LogP) is 2.80. The molecule has 0 radical (unpaired) electrons. The molecule has 0 saturated carbocycles. The van der Waals surface area contributed by atoms with E-state index in [1.165, 1.54) is 31.1 Å². The average Bonchev–Trinajstić information content (AvgIpc) is 3.08. The highest BCUT2D eigenvalue weighted by molar-refractivity contribution is 7.98. The van der Waals surface area contributed by atoms with Gasteiger partial charge in [0.2, 0.25) is 11.3 Å². The Balaban J connectivity index is 1.81. The smallest absolute Gasteiger partial charge is 0.244 e. The van der Waals surface area contributed by atoms with E-state index in [-0.39, 0.29) is 23.4 Å². The van der Waals surface area contributed by atoms with Gasteiger partial charge in [0.1, 0.15) is 18.2 Å². The lowest BCUT2D eigenvalue weighted by Crippen LogP contribution is -2.23. The lowest BCUT2D eigenvalue weighted by molar-refractivity contribution is -0.116. The first-order valence-electron chi connectivity index (χ1n) is 8.49. The minimum atomic E-state index is -0.874. The Kier molecular flexibility index (Phi) is 6.32.